The van der Waals surface area contributed by atoms with Crippen molar-refractivity contribution in [2.75, 3.05) is 40.4 Å². The van der Waals surface area contributed by atoms with Gasteiger partial charge in [-0.05, 0) is 25.2 Å². The van der Waals surface area contributed by atoms with Crippen molar-refractivity contribution in [3.05, 3.63) is 29.3 Å². The van der Waals surface area contributed by atoms with Crippen LogP contribution >= 0.6 is 0 Å². The Kier molecular flexibility index (Phi) is 5.34. The van der Waals surface area contributed by atoms with Gasteiger partial charge in [0.15, 0.2) is 0 Å². The molecule has 1 aromatic carbocycles. The molecule has 9 heteroatoms. The van der Waals surface area contributed by atoms with Crippen LogP contribution in [-0.4, -0.2) is 64.9 Å². The molecular formula is C14H19N3O5S. The van der Waals surface area contributed by atoms with Gasteiger partial charge in [-0.1, -0.05) is 0 Å². The van der Waals surface area contributed by atoms with E-state index in [1.54, 1.807) is 7.05 Å². The molecule has 23 heavy (non-hydrogen) atoms. The van der Waals surface area contributed by atoms with Gasteiger partial charge in [-0.25, -0.2) is 12.7 Å². The summed E-state index contributed by atoms with van der Waals surface area (Å²) < 4.78 is 30.5. The number of fused-ring (bicyclic) bond motifs is 1. The van der Waals surface area contributed by atoms with Crippen LogP contribution in [0.15, 0.2) is 23.1 Å². The quantitative estimate of drug-likeness (QED) is 0.644. The van der Waals surface area contributed by atoms with E-state index in [9.17, 15) is 18.0 Å². The van der Waals surface area contributed by atoms with Crippen LogP contribution in [-0.2, 0) is 14.8 Å². The molecule has 126 valence electrons. The van der Waals surface area contributed by atoms with Crippen LogP contribution in [0.5, 0.6) is 0 Å². The number of nitrogens with one attached hydrogen (secondary N) is 2. The smallest absolute Gasteiger partial charge is 0.269 e. The van der Waals surface area contributed by atoms with Crippen LogP contribution in [0.2, 0.25) is 0 Å². The molecule has 2 N–H and O–H groups in total. The van der Waals surface area contributed by atoms with Gasteiger partial charge in [0, 0.05) is 25.8 Å². The van der Waals surface area contributed by atoms with Crippen LogP contribution in [0.4, 0.5) is 0 Å². The van der Waals surface area contributed by atoms with Crippen LogP contribution in [0.25, 0.3) is 0 Å². The Morgan fingerprint density at radius 2 is 2.04 bits per heavy atom. The number of ether oxygens (including phenoxy) is 1. The number of amides is 2. The molecule has 0 atom stereocenters. The Morgan fingerprint density at radius 1 is 1.30 bits per heavy atom. The highest BCUT2D eigenvalue weighted by Gasteiger charge is 2.41. The third-order valence-corrected chi connectivity index (χ3v) is 5.25. The summed E-state index contributed by atoms with van der Waals surface area (Å²) in [6.07, 6.45) is 0. The number of carbonyl (C=O) groups excluding carboxylic acids is 2. The van der Waals surface area contributed by atoms with Crippen molar-refractivity contribution in [1.82, 2.24) is 14.9 Å². The summed E-state index contributed by atoms with van der Waals surface area (Å²) in [5.41, 5.74) is 0.276. The molecule has 0 aliphatic carbocycles. The lowest BCUT2D eigenvalue weighted by molar-refractivity contribution is 0.0835. The molecule has 0 bridgehead atoms. The van der Waals surface area contributed by atoms with Crippen molar-refractivity contribution in [3.63, 3.8) is 0 Å². The summed E-state index contributed by atoms with van der Waals surface area (Å²) in [5, 5.41) is 5.55. The van der Waals surface area contributed by atoms with E-state index in [1.165, 1.54) is 25.3 Å². The standard InChI is InChI=1S/C14H19N3O5S/c1-15-5-6-16-13(18)10-3-4-11-12(9-10)23(20,21)17(14(11)19)7-8-22-2/h3-4,9,15H,5-8H2,1-2H3,(H,16,18). The average Bonchev–Trinajstić information content (AvgIpc) is 2.72. The fraction of sp³-hybridized carbons (Fsp3) is 0.429. The van der Waals surface area contributed by atoms with Crippen LogP contribution in [0, 0.1) is 0 Å². The summed E-state index contributed by atoms with van der Waals surface area (Å²) in [7, 11) is -0.755. The third-order valence-electron chi connectivity index (χ3n) is 3.43. The number of nitrogens with zero attached hydrogens (tertiary/aromatic N) is 1. The second-order valence-corrected chi connectivity index (χ2v) is 6.78. The van der Waals surface area contributed by atoms with Crippen LogP contribution < -0.4 is 10.6 Å². The van der Waals surface area contributed by atoms with E-state index in [4.69, 9.17) is 4.74 Å². The maximum atomic E-state index is 12.4. The SMILES string of the molecule is CNCCNC(=O)c1ccc2c(c1)S(=O)(=O)N(CCOC)C2=O. The van der Waals surface area contributed by atoms with E-state index in [2.05, 4.69) is 10.6 Å². The van der Waals surface area contributed by atoms with E-state index in [1.807, 2.05) is 0 Å². The van der Waals surface area contributed by atoms with Gasteiger partial charge in [0.25, 0.3) is 21.8 Å². The summed E-state index contributed by atoms with van der Waals surface area (Å²) in [4.78, 5) is 24.1. The molecule has 0 unspecified atom stereocenters. The van der Waals surface area contributed by atoms with Crippen molar-refractivity contribution in [2.45, 2.75) is 4.90 Å². The van der Waals surface area contributed by atoms with Gasteiger partial charge in [-0.3, -0.25) is 9.59 Å². The van der Waals surface area contributed by atoms with Gasteiger partial charge in [0.2, 0.25) is 0 Å². The Hall–Kier alpha value is -1.97. The zero-order valence-corrected chi connectivity index (χ0v) is 13.8. The molecule has 0 saturated heterocycles. The first-order valence-electron chi connectivity index (χ1n) is 7.06. The van der Waals surface area contributed by atoms with Gasteiger partial charge in [0.1, 0.15) is 4.90 Å². The van der Waals surface area contributed by atoms with Gasteiger partial charge in [-0.15, -0.1) is 0 Å². The Morgan fingerprint density at radius 3 is 2.70 bits per heavy atom. The summed E-state index contributed by atoms with van der Waals surface area (Å²) in [6, 6.07) is 4.06. The molecule has 0 aromatic heterocycles. The third kappa shape index (κ3) is 3.36. The lowest BCUT2D eigenvalue weighted by Crippen LogP contribution is -2.33. The molecule has 0 spiro atoms. The molecule has 1 aliphatic rings. The van der Waals surface area contributed by atoms with Gasteiger partial charge < -0.3 is 15.4 Å². The highest BCUT2D eigenvalue weighted by atomic mass is 32.2. The minimum absolute atomic E-state index is 0.0595. The number of rotatable bonds is 7. The lowest BCUT2D eigenvalue weighted by Gasteiger charge is -2.13. The number of benzene rings is 1. The van der Waals surface area contributed by atoms with Crippen molar-refractivity contribution < 1.29 is 22.7 Å². The monoisotopic (exact) mass is 341 g/mol. The van der Waals surface area contributed by atoms with Gasteiger partial charge >= 0.3 is 0 Å². The highest BCUT2D eigenvalue weighted by molar-refractivity contribution is 7.90. The van der Waals surface area contributed by atoms with Crippen molar-refractivity contribution >= 4 is 21.8 Å². The molecular weight excluding hydrogens is 322 g/mol. The highest BCUT2D eigenvalue weighted by Crippen LogP contribution is 2.30. The second kappa shape index (κ2) is 7.07. The second-order valence-electron chi connectivity index (χ2n) is 4.95. The Balaban J connectivity index is 2.28. The number of hydrogen-bond acceptors (Lipinski definition) is 6. The number of sulfonamides is 1. The minimum Gasteiger partial charge on any atom is -0.383 e. The molecule has 0 fully saturated rings. The molecule has 1 heterocycles. The predicted molar refractivity (Wildman–Crippen MR) is 82.8 cm³/mol. The van der Waals surface area contributed by atoms with E-state index in [0.29, 0.717) is 13.1 Å². The summed E-state index contributed by atoms with van der Waals surface area (Å²) >= 11 is 0. The molecule has 2 amide bonds. The maximum Gasteiger partial charge on any atom is 0.269 e. The molecule has 0 radical (unpaired) electrons. The van der Waals surface area contributed by atoms with E-state index in [0.717, 1.165) is 4.31 Å². The number of hydrogen-bond donors (Lipinski definition) is 2. The van der Waals surface area contributed by atoms with Crippen molar-refractivity contribution in [1.29, 1.82) is 0 Å². The minimum atomic E-state index is -3.94. The molecule has 8 nitrogen and oxygen atoms in total. The maximum absolute atomic E-state index is 12.4. The average molecular weight is 341 g/mol. The Bertz CT molecular complexity index is 717. The Labute approximate surface area is 134 Å². The van der Waals surface area contributed by atoms with E-state index >= 15 is 0 Å². The number of carbonyl (C=O) groups is 2. The molecule has 0 saturated carbocycles. The summed E-state index contributed by atoms with van der Waals surface area (Å²) in [5.74, 6) is -0.986. The van der Waals surface area contributed by atoms with Crippen molar-refractivity contribution in [2.24, 2.45) is 0 Å². The first-order chi connectivity index (χ1) is 10.9. The topological polar surface area (TPSA) is 105 Å². The fourth-order valence-corrected chi connectivity index (χ4v) is 3.79. The summed E-state index contributed by atoms with van der Waals surface area (Å²) in [6.45, 7) is 1.06. The predicted octanol–water partition coefficient (Wildman–Crippen LogP) is -0.573. The van der Waals surface area contributed by atoms with Gasteiger partial charge in [0.05, 0.1) is 18.7 Å². The zero-order valence-electron chi connectivity index (χ0n) is 13.0. The van der Waals surface area contributed by atoms with Crippen molar-refractivity contribution in [3.8, 4) is 0 Å². The molecule has 2 rings (SSSR count). The van der Waals surface area contributed by atoms with E-state index < -0.39 is 15.9 Å². The first kappa shape index (κ1) is 17.4. The fourth-order valence-electron chi connectivity index (χ4n) is 2.21. The normalized spacial score (nSPS) is 15.6. The number of likely N-dealkylation sites (N-methyl/N-ethyl adjacent to an activating group) is 1. The first-order valence-corrected chi connectivity index (χ1v) is 8.50. The zero-order chi connectivity index (χ0) is 17.0. The molecule has 1 aromatic rings. The van der Waals surface area contributed by atoms with Crippen LogP contribution in [0.3, 0.4) is 0 Å². The molecule has 1 aliphatic heterocycles. The largest absolute Gasteiger partial charge is 0.383 e. The lowest BCUT2D eigenvalue weighted by atomic mass is 10.1. The van der Waals surface area contributed by atoms with E-state index in [-0.39, 0.29) is 35.1 Å². The van der Waals surface area contributed by atoms with Crippen LogP contribution in [0.1, 0.15) is 20.7 Å². The number of methoxy groups -OCH3 is 1. The van der Waals surface area contributed by atoms with Gasteiger partial charge in [-0.2, -0.15) is 0 Å².